The van der Waals surface area contributed by atoms with Crippen LogP contribution in [0, 0.1) is 0 Å². The molecule has 12 heteroatoms. The number of carbonyl (C=O) groups excluding carboxylic acids is 1. The summed E-state index contributed by atoms with van der Waals surface area (Å²) in [5.41, 5.74) is 12.9. The molecule has 4 aromatic rings. The first-order chi connectivity index (χ1) is 25.7. The third kappa shape index (κ3) is 10.4. The highest BCUT2D eigenvalue weighted by molar-refractivity contribution is 7.99. The molecule has 280 valence electrons. The second kappa shape index (κ2) is 18.4. The summed E-state index contributed by atoms with van der Waals surface area (Å²) in [5.74, 6) is 0.119. The lowest BCUT2D eigenvalue weighted by Crippen LogP contribution is -2.47. The molecule has 1 saturated heterocycles. The molecule has 9 nitrogen and oxygen atoms in total. The Bertz CT molecular complexity index is 1970. The molecule has 1 amide bonds. The molecule has 0 unspecified atom stereocenters. The first-order valence-electron chi connectivity index (χ1n) is 18.3. The lowest BCUT2D eigenvalue weighted by atomic mass is 9.87. The Morgan fingerprint density at radius 1 is 0.887 bits per heavy atom. The molecule has 1 aliphatic heterocycles. The minimum atomic E-state index is -4.13. The van der Waals surface area contributed by atoms with Crippen molar-refractivity contribution in [3.05, 3.63) is 119 Å². The Morgan fingerprint density at radius 3 is 2.30 bits per heavy atom. The summed E-state index contributed by atoms with van der Waals surface area (Å²) in [6.45, 7) is 5.14. The van der Waals surface area contributed by atoms with E-state index in [4.69, 9.17) is 17.3 Å². The Balaban J connectivity index is 1.03. The lowest BCUT2D eigenvalue weighted by molar-refractivity contribution is 0.0981. The van der Waals surface area contributed by atoms with Gasteiger partial charge in [-0.1, -0.05) is 47.5 Å². The van der Waals surface area contributed by atoms with E-state index in [0.717, 1.165) is 74.1 Å². The van der Waals surface area contributed by atoms with E-state index in [1.807, 2.05) is 42.5 Å². The van der Waals surface area contributed by atoms with Crippen molar-refractivity contribution in [1.82, 2.24) is 9.62 Å². The Hall–Kier alpha value is -4.00. The van der Waals surface area contributed by atoms with Crippen LogP contribution in [0.5, 0.6) is 0 Å². The van der Waals surface area contributed by atoms with Crippen molar-refractivity contribution in [3.8, 4) is 0 Å². The number of halogens is 1. The van der Waals surface area contributed by atoms with E-state index in [9.17, 15) is 13.2 Å². The molecule has 6 rings (SSSR count). The van der Waals surface area contributed by atoms with Crippen molar-refractivity contribution in [1.29, 1.82) is 0 Å². The second-order valence-corrected chi connectivity index (χ2v) is 16.8. The molecule has 0 aromatic heterocycles. The number of benzene rings is 4. The zero-order valence-corrected chi connectivity index (χ0v) is 32.6. The van der Waals surface area contributed by atoms with Gasteiger partial charge < -0.3 is 21.3 Å². The Labute approximate surface area is 323 Å². The molecule has 1 atom stereocenters. The maximum absolute atomic E-state index is 13.4. The van der Waals surface area contributed by atoms with Crippen molar-refractivity contribution >= 4 is 61.9 Å². The van der Waals surface area contributed by atoms with Gasteiger partial charge in [0.05, 0.1) is 16.3 Å². The highest BCUT2D eigenvalue weighted by Crippen LogP contribution is 2.34. The molecule has 1 heterocycles. The third-order valence-corrected chi connectivity index (χ3v) is 12.7. The summed E-state index contributed by atoms with van der Waals surface area (Å²) in [6, 6.07) is 30.4. The zero-order valence-electron chi connectivity index (χ0n) is 30.2. The quantitative estimate of drug-likeness (QED) is 0.0908. The van der Waals surface area contributed by atoms with Crippen LogP contribution in [0.15, 0.2) is 112 Å². The smallest absolute Gasteiger partial charge is 0.264 e. The SMILES string of the molecule is CNc1cc(S(=O)(=O)NC(=O)c2ccc(N3CCN(CC4=C(c5ccc(Cl)cc5)CCCC4)CC3)cc2)ccc1N[C@H](CCN)CSc1ccccc1. The number of nitrogens with zero attached hydrogens (tertiary/aromatic N) is 2. The molecule has 0 bridgehead atoms. The molecular formula is C41H49ClN6O3S2. The number of rotatable bonds is 15. The number of amides is 1. The zero-order chi connectivity index (χ0) is 37.2. The van der Waals surface area contributed by atoms with Gasteiger partial charge in [-0.15, -0.1) is 11.8 Å². The molecule has 1 fully saturated rings. The van der Waals surface area contributed by atoms with Crippen LogP contribution in [0.1, 0.15) is 48.0 Å². The van der Waals surface area contributed by atoms with Crippen LogP contribution in [-0.2, 0) is 10.0 Å². The third-order valence-electron chi connectivity index (χ3n) is 9.92. The number of hydrogen-bond acceptors (Lipinski definition) is 9. The van der Waals surface area contributed by atoms with Gasteiger partial charge in [0.15, 0.2) is 0 Å². The van der Waals surface area contributed by atoms with Crippen LogP contribution < -0.4 is 26.0 Å². The van der Waals surface area contributed by atoms with Gasteiger partial charge in [-0.2, -0.15) is 0 Å². The van der Waals surface area contributed by atoms with Crippen molar-refractivity contribution in [2.75, 3.05) is 67.6 Å². The summed E-state index contributed by atoms with van der Waals surface area (Å²) in [7, 11) is -2.40. The number of anilines is 3. The molecule has 0 spiro atoms. The average molecular weight is 773 g/mol. The van der Waals surface area contributed by atoms with Gasteiger partial charge in [-0.05, 0) is 117 Å². The van der Waals surface area contributed by atoms with Gasteiger partial charge in [-0.25, -0.2) is 13.1 Å². The Kier molecular flexibility index (Phi) is 13.4. The van der Waals surface area contributed by atoms with Gasteiger partial charge in [0, 0.05) is 72.7 Å². The van der Waals surface area contributed by atoms with Crippen LogP contribution in [0.4, 0.5) is 17.1 Å². The number of sulfonamides is 1. The molecule has 0 saturated carbocycles. The maximum Gasteiger partial charge on any atom is 0.264 e. The van der Waals surface area contributed by atoms with Crippen LogP contribution >= 0.6 is 23.4 Å². The van der Waals surface area contributed by atoms with Crippen LogP contribution in [0.25, 0.3) is 5.57 Å². The van der Waals surface area contributed by atoms with Gasteiger partial charge in [0.1, 0.15) is 0 Å². The number of thioether (sulfide) groups is 1. The number of allylic oxidation sites excluding steroid dienone is 1. The van der Waals surface area contributed by atoms with E-state index in [0.29, 0.717) is 12.2 Å². The monoisotopic (exact) mass is 772 g/mol. The molecule has 5 N–H and O–H groups in total. The standard InChI is InChI=1S/C41H49ClN6O3S2/c1-44-40-27-37(19-20-39(40)45-34(21-22-43)29-52-36-8-3-2-4-9-36)53(50,51)46-41(49)31-13-17-35(18-14-31)48-25-23-47(24-26-48)28-32-7-5-6-10-38(32)30-11-15-33(42)16-12-30/h2-4,8-9,11-20,27,34,44-45H,5-7,10,21-26,28-29,43H2,1H3,(H,46,49)/t34-/m1/s1. The highest BCUT2D eigenvalue weighted by Gasteiger charge is 2.24. The van der Waals surface area contributed by atoms with Crippen LogP contribution in [-0.4, -0.2) is 77.3 Å². The molecule has 4 aromatic carbocycles. The van der Waals surface area contributed by atoms with Gasteiger partial charge in [0.25, 0.3) is 15.9 Å². The fourth-order valence-corrected chi connectivity index (χ4v) is 9.11. The molecule has 2 aliphatic rings. The minimum Gasteiger partial charge on any atom is -0.386 e. The first kappa shape index (κ1) is 38.7. The summed E-state index contributed by atoms with van der Waals surface area (Å²) in [4.78, 5) is 19.2. The summed E-state index contributed by atoms with van der Waals surface area (Å²) < 4.78 is 29.0. The number of nitrogens with two attached hydrogens (primary N) is 1. The van der Waals surface area contributed by atoms with Gasteiger partial charge in [0.2, 0.25) is 0 Å². The molecule has 1 aliphatic carbocycles. The van der Waals surface area contributed by atoms with Gasteiger partial charge in [-0.3, -0.25) is 9.69 Å². The highest BCUT2D eigenvalue weighted by atomic mass is 35.5. The number of nitrogens with one attached hydrogen (secondary N) is 3. The Morgan fingerprint density at radius 2 is 1.60 bits per heavy atom. The molecular weight excluding hydrogens is 724 g/mol. The van der Waals surface area contributed by atoms with Crippen molar-refractivity contribution in [2.45, 2.75) is 47.9 Å². The van der Waals surface area contributed by atoms with Crippen molar-refractivity contribution < 1.29 is 13.2 Å². The molecule has 53 heavy (non-hydrogen) atoms. The summed E-state index contributed by atoms with van der Waals surface area (Å²) in [6.07, 6.45) is 5.47. The first-order valence-corrected chi connectivity index (χ1v) is 21.1. The second-order valence-electron chi connectivity index (χ2n) is 13.5. The molecule has 0 radical (unpaired) electrons. The minimum absolute atomic E-state index is 0.00597. The lowest BCUT2D eigenvalue weighted by Gasteiger charge is -2.37. The average Bonchev–Trinajstić information content (AvgIpc) is 3.18. The van der Waals surface area contributed by atoms with Crippen molar-refractivity contribution in [2.24, 2.45) is 5.73 Å². The predicted molar refractivity (Wildman–Crippen MR) is 221 cm³/mol. The maximum atomic E-state index is 13.4. The fourth-order valence-electron chi connectivity index (χ4n) is 6.99. The number of hydrogen-bond donors (Lipinski definition) is 4. The topological polar surface area (TPSA) is 120 Å². The van der Waals surface area contributed by atoms with E-state index in [-0.39, 0.29) is 16.5 Å². The van der Waals surface area contributed by atoms with E-state index < -0.39 is 15.9 Å². The van der Waals surface area contributed by atoms with E-state index >= 15 is 0 Å². The normalized spacial score (nSPS) is 15.9. The fraction of sp³-hybridized carbons (Fsp3) is 0.341. The van der Waals surface area contributed by atoms with Crippen molar-refractivity contribution in [3.63, 3.8) is 0 Å². The number of carbonyl (C=O) groups is 1. The number of piperazine rings is 1. The van der Waals surface area contributed by atoms with Gasteiger partial charge >= 0.3 is 0 Å². The summed E-state index contributed by atoms with van der Waals surface area (Å²) in [5, 5.41) is 7.38. The summed E-state index contributed by atoms with van der Waals surface area (Å²) >= 11 is 7.89. The van der Waals surface area contributed by atoms with Crippen LogP contribution in [0.2, 0.25) is 5.02 Å². The van der Waals surface area contributed by atoms with E-state index in [2.05, 4.69) is 49.4 Å². The van der Waals surface area contributed by atoms with E-state index in [1.165, 1.54) is 46.6 Å². The van der Waals surface area contributed by atoms with Crippen LogP contribution in [0.3, 0.4) is 0 Å². The largest absolute Gasteiger partial charge is 0.386 e. The van der Waals surface area contributed by atoms with E-state index in [1.54, 1.807) is 37.0 Å². The predicted octanol–water partition coefficient (Wildman–Crippen LogP) is 7.57.